The first-order valence-electron chi connectivity index (χ1n) is 8.01. The van der Waals surface area contributed by atoms with Crippen LogP contribution in [0, 0.1) is 0 Å². The van der Waals surface area contributed by atoms with E-state index in [2.05, 4.69) is 10.1 Å². The Balaban J connectivity index is 1.61. The Kier molecular flexibility index (Phi) is 4.39. The summed E-state index contributed by atoms with van der Waals surface area (Å²) >= 11 is 5.91. The third-order valence-corrected chi connectivity index (χ3v) is 4.36. The normalized spacial score (nSPS) is 17.8. The summed E-state index contributed by atoms with van der Waals surface area (Å²) in [7, 11) is 0. The van der Waals surface area contributed by atoms with Crippen molar-refractivity contribution in [3.63, 3.8) is 0 Å². The van der Waals surface area contributed by atoms with Gasteiger partial charge in [0.25, 0.3) is 0 Å². The van der Waals surface area contributed by atoms with Gasteiger partial charge in [0.2, 0.25) is 6.33 Å². The van der Waals surface area contributed by atoms with Gasteiger partial charge >= 0.3 is 0 Å². The number of nitrogens with one attached hydrogen (secondary N) is 1. The fourth-order valence-electron chi connectivity index (χ4n) is 2.82. The zero-order chi connectivity index (χ0) is 17.1. The second-order valence-corrected chi connectivity index (χ2v) is 6.19. The van der Waals surface area contributed by atoms with Gasteiger partial charge in [0.05, 0.1) is 0 Å². The van der Waals surface area contributed by atoms with E-state index in [-0.39, 0.29) is 6.04 Å². The number of aromatic nitrogens is 2. The quantitative estimate of drug-likeness (QED) is 0.575. The summed E-state index contributed by atoms with van der Waals surface area (Å²) in [4.78, 5) is 8.71. The summed E-state index contributed by atoms with van der Waals surface area (Å²) in [6.07, 6.45) is 5.71. The first kappa shape index (κ1) is 15.7. The van der Waals surface area contributed by atoms with Gasteiger partial charge in [0.15, 0.2) is 6.04 Å². The average Bonchev–Trinajstić information content (AvgIpc) is 3.18. The lowest BCUT2D eigenvalue weighted by Crippen LogP contribution is -2.48. The highest BCUT2D eigenvalue weighted by atomic mass is 35.5. The summed E-state index contributed by atoms with van der Waals surface area (Å²) in [5, 5.41) is 5.15. The van der Waals surface area contributed by atoms with Gasteiger partial charge in [0.1, 0.15) is 37.1 Å². The number of benzene rings is 2. The molecule has 1 aromatic heterocycles. The number of oxime groups is 1. The molecule has 1 N–H and O–H groups in total. The Morgan fingerprint density at radius 2 is 2.04 bits per heavy atom. The van der Waals surface area contributed by atoms with E-state index >= 15 is 0 Å². The third kappa shape index (κ3) is 3.37. The van der Waals surface area contributed by atoms with Gasteiger partial charge in [-0.05, 0) is 29.8 Å². The topological polar surface area (TPSA) is 50.5 Å². The molecule has 0 radical (unpaired) electrons. The van der Waals surface area contributed by atoms with Crippen molar-refractivity contribution in [1.29, 1.82) is 0 Å². The lowest BCUT2D eigenvalue weighted by atomic mass is 10.00. The van der Waals surface area contributed by atoms with Crippen molar-refractivity contribution >= 4 is 17.3 Å². The van der Waals surface area contributed by atoms with Crippen molar-refractivity contribution in [1.82, 2.24) is 4.98 Å². The number of imidazole rings is 1. The standard InChI is InChI=1S/C19H16ClN3O2/c20-15-7-5-14(6-8-15)11-25-22-19-16-3-1-2-4-18(16)24-12-17(19)23-10-9-21-13-23/h1-10,13,17H,11-12H2/p+1/b22-19+. The molecular formula is C19H17ClN3O2+. The van der Waals surface area contributed by atoms with Gasteiger partial charge in [-0.25, -0.2) is 4.57 Å². The highest BCUT2D eigenvalue weighted by Gasteiger charge is 2.32. The Morgan fingerprint density at radius 1 is 1.20 bits per heavy atom. The van der Waals surface area contributed by atoms with E-state index in [1.54, 1.807) is 0 Å². The van der Waals surface area contributed by atoms with Crippen LogP contribution in [0.15, 0.2) is 72.4 Å². The number of hydrogen-bond acceptors (Lipinski definition) is 3. The molecule has 5 nitrogen and oxygen atoms in total. The molecule has 1 atom stereocenters. The van der Waals surface area contributed by atoms with Crippen LogP contribution in [0.25, 0.3) is 0 Å². The highest BCUT2D eigenvalue weighted by molar-refractivity contribution is 6.30. The molecule has 25 heavy (non-hydrogen) atoms. The molecule has 2 aromatic carbocycles. The van der Waals surface area contributed by atoms with Crippen molar-refractivity contribution in [2.75, 3.05) is 6.61 Å². The zero-order valence-corrected chi connectivity index (χ0v) is 14.2. The minimum Gasteiger partial charge on any atom is -0.488 e. The maximum absolute atomic E-state index is 5.91. The van der Waals surface area contributed by atoms with Crippen LogP contribution >= 0.6 is 11.6 Å². The Morgan fingerprint density at radius 3 is 2.84 bits per heavy atom. The van der Waals surface area contributed by atoms with Crippen molar-refractivity contribution in [3.8, 4) is 5.75 Å². The molecule has 126 valence electrons. The van der Waals surface area contributed by atoms with Crippen molar-refractivity contribution < 1.29 is 14.1 Å². The largest absolute Gasteiger partial charge is 0.488 e. The number of fused-ring (bicyclic) bond motifs is 1. The van der Waals surface area contributed by atoms with E-state index in [0.29, 0.717) is 18.2 Å². The minimum absolute atomic E-state index is 0.0497. The first-order valence-corrected chi connectivity index (χ1v) is 8.39. The SMILES string of the molecule is Clc1ccc(CO/N=C2\c3ccccc3OCC2[n+]2cc[nH]c2)cc1. The van der Waals surface area contributed by atoms with Crippen molar-refractivity contribution in [2.45, 2.75) is 12.6 Å². The molecule has 0 saturated heterocycles. The Hall–Kier alpha value is -2.79. The van der Waals surface area contributed by atoms with Crippen molar-refractivity contribution in [2.24, 2.45) is 5.16 Å². The number of hydrogen-bond donors (Lipinski definition) is 1. The predicted octanol–water partition coefficient (Wildman–Crippen LogP) is 3.51. The first-order chi connectivity index (χ1) is 12.3. The maximum Gasteiger partial charge on any atom is 0.242 e. The second kappa shape index (κ2) is 6.99. The molecule has 2 heterocycles. The predicted molar refractivity (Wildman–Crippen MR) is 94.7 cm³/mol. The van der Waals surface area contributed by atoms with Gasteiger partial charge in [-0.15, -0.1) is 0 Å². The minimum atomic E-state index is -0.0497. The van der Waals surface area contributed by atoms with E-state index in [0.717, 1.165) is 22.6 Å². The number of rotatable bonds is 4. The van der Waals surface area contributed by atoms with Crippen LogP contribution < -0.4 is 9.30 Å². The van der Waals surface area contributed by atoms with Gasteiger partial charge in [-0.1, -0.05) is 41.0 Å². The van der Waals surface area contributed by atoms with Crippen LogP contribution in [-0.4, -0.2) is 17.3 Å². The highest BCUT2D eigenvalue weighted by Crippen LogP contribution is 2.28. The molecule has 0 saturated carbocycles. The molecule has 0 aliphatic carbocycles. The molecule has 1 unspecified atom stereocenters. The lowest BCUT2D eigenvalue weighted by Gasteiger charge is -2.24. The molecule has 0 spiro atoms. The third-order valence-electron chi connectivity index (χ3n) is 4.11. The summed E-state index contributed by atoms with van der Waals surface area (Å²) in [5.74, 6) is 0.823. The number of halogens is 1. The van der Waals surface area contributed by atoms with Gasteiger partial charge in [-0.3, -0.25) is 4.98 Å². The van der Waals surface area contributed by atoms with Gasteiger partial charge in [0, 0.05) is 10.6 Å². The average molecular weight is 355 g/mol. The summed E-state index contributed by atoms with van der Waals surface area (Å²) in [6, 6.07) is 15.4. The van der Waals surface area contributed by atoms with Crippen LogP contribution in [0.1, 0.15) is 17.2 Å². The van der Waals surface area contributed by atoms with Crippen LogP contribution in [0.5, 0.6) is 5.75 Å². The molecule has 0 bridgehead atoms. The summed E-state index contributed by atoms with van der Waals surface area (Å²) in [6.45, 7) is 0.886. The molecule has 0 fully saturated rings. The smallest absolute Gasteiger partial charge is 0.242 e. The molecular weight excluding hydrogens is 338 g/mol. The van der Waals surface area contributed by atoms with E-state index in [1.807, 2.05) is 71.8 Å². The fraction of sp³-hybridized carbons (Fsp3) is 0.158. The number of nitrogens with zero attached hydrogens (tertiary/aromatic N) is 2. The number of ether oxygens (including phenoxy) is 1. The Bertz CT molecular complexity index is 876. The van der Waals surface area contributed by atoms with Gasteiger partial charge in [-0.2, -0.15) is 0 Å². The van der Waals surface area contributed by atoms with Crippen LogP contribution in [0.4, 0.5) is 0 Å². The molecule has 1 aliphatic heterocycles. The van der Waals surface area contributed by atoms with Crippen LogP contribution in [0.2, 0.25) is 5.02 Å². The van der Waals surface area contributed by atoms with Crippen LogP contribution in [0.3, 0.4) is 0 Å². The second-order valence-electron chi connectivity index (χ2n) is 5.76. The molecule has 6 heteroatoms. The summed E-state index contributed by atoms with van der Waals surface area (Å²) < 4.78 is 7.91. The zero-order valence-electron chi connectivity index (χ0n) is 13.4. The molecule has 1 aliphatic rings. The van der Waals surface area contributed by atoms with E-state index in [4.69, 9.17) is 21.2 Å². The lowest BCUT2D eigenvalue weighted by molar-refractivity contribution is -0.706. The van der Waals surface area contributed by atoms with E-state index in [9.17, 15) is 0 Å². The summed E-state index contributed by atoms with van der Waals surface area (Å²) in [5.41, 5.74) is 2.81. The van der Waals surface area contributed by atoms with Crippen LogP contribution in [-0.2, 0) is 11.4 Å². The van der Waals surface area contributed by atoms with E-state index < -0.39 is 0 Å². The Labute approximate surface area is 150 Å². The molecule has 3 aromatic rings. The molecule has 0 amide bonds. The van der Waals surface area contributed by atoms with Crippen molar-refractivity contribution in [3.05, 3.63) is 83.4 Å². The maximum atomic E-state index is 5.91. The number of H-pyrrole nitrogens is 1. The van der Waals surface area contributed by atoms with Gasteiger partial charge < -0.3 is 9.57 Å². The fourth-order valence-corrected chi connectivity index (χ4v) is 2.95. The monoisotopic (exact) mass is 354 g/mol. The number of aromatic amines is 1. The van der Waals surface area contributed by atoms with E-state index in [1.165, 1.54) is 0 Å². The molecule has 4 rings (SSSR count). The number of para-hydroxylation sites is 1.